The van der Waals surface area contributed by atoms with Crippen LogP contribution in [-0.2, 0) is 0 Å². The van der Waals surface area contributed by atoms with Crippen molar-refractivity contribution >= 4 is 0 Å². The van der Waals surface area contributed by atoms with Gasteiger partial charge >= 0.3 is 0 Å². The Hall–Kier alpha value is -1.22. The fraction of sp³-hybridized carbons (Fsp3) is 0.571. The maximum absolute atomic E-state index is 6.35. The van der Waals surface area contributed by atoms with Gasteiger partial charge in [-0.05, 0) is 12.0 Å². The Morgan fingerprint density at radius 1 is 1.18 bits per heavy atom. The summed E-state index contributed by atoms with van der Waals surface area (Å²) >= 11 is 0. The molecule has 0 fully saturated rings. The van der Waals surface area contributed by atoms with Crippen molar-refractivity contribution < 1.29 is 9.47 Å². The Bertz CT molecular complexity index is 374. The second-order valence-corrected chi connectivity index (χ2v) is 4.47. The molecule has 0 saturated carbocycles. The summed E-state index contributed by atoms with van der Waals surface area (Å²) in [4.78, 5) is 0. The zero-order valence-corrected chi connectivity index (χ0v) is 10.6. The lowest BCUT2D eigenvalue weighted by atomic mass is 9.89. The van der Waals surface area contributed by atoms with Crippen molar-refractivity contribution in [1.82, 2.24) is 0 Å². The zero-order chi connectivity index (χ0) is 12.3. The molecule has 17 heavy (non-hydrogen) atoms. The van der Waals surface area contributed by atoms with Gasteiger partial charge in [0.1, 0.15) is 13.2 Å². The summed E-state index contributed by atoms with van der Waals surface area (Å²) in [5.41, 5.74) is 7.43. The highest BCUT2D eigenvalue weighted by Gasteiger charge is 2.23. The molecule has 94 valence electrons. The first kappa shape index (κ1) is 12.2. The molecular weight excluding hydrogens is 214 g/mol. The minimum Gasteiger partial charge on any atom is -0.486 e. The van der Waals surface area contributed by atoms with Gasteiger partial charge in [0.25, 0.3) is 0 Å². The number of hydrogen-bond donors (Lipinski definition) is 1. The predicted molar refractivity (Wildman–Crippen MR) is 68.4 cm³/mol. The van der Waals surface area contributed by atoms with Gasteiger partial charge in [-0.2, -0.15) is 0 Å². The quantitative estimate of drug-likeness (QED) is 0.872. The minimum atomic E-state index is 0.0293. The van der Waals surface area contributed by atoms with Crippen molar-refractivity contribution in [2.75, 3.05) is 13.2 Å². The monoisotopic (exact) mass is 235 g/mol. The van der Waals surface area contributed by atoms with E-state index in [4.69, 9.17) is 15.2 Å². The van der Waals surface area contributed by atoms with Gasteiger partial charge in [-0.3, -0.25) is 0 Å². The maximum atomic E-state index is 6.35. The first-order valence-corrected chi connectivity index (χ1v) is 6.42. The number of benzene rings is 1. The highest BCUT2D eigenvalue weighted by atomic mass is 16.6. The van der Waals surface area contributed by atoms with Crippen LogP contribution in [0.5, 0.6) is 11.5 Å². The largest absolute Gasteiger partial charge is 0.486 e. The number of fused-ring (bicyclic) bond motifs is 1. The number of para-hydroxylation sites is 1. The molecular formula is C14H21NO2. The van der Waals surface area contributed by atoms with E-state index in [1.165, 1.54) is 0 Å². The smallest absolute Gasteiger partial charge is 0.166 e. The lowest BCUT2D eigenvalue weighted by molar-refractivity contribution is 0.168. The van der Waals surface area contributed by atoms with Crippen molar-refractivity contribution in [3.05, 3.63) is 23.8 Å². The maximum Gasteiger partial charge on any atom is 0.166 e. The Kier molecular flexibility index (Phi) is 3.89. The van der Waals surface area contributed by atoms with Crippen molar-refractivity contribution in [3.8, 4) is 11.5 Å². The lowest BCUT2D eigenvalue weighted by Crippen LogP contribution is -2.24. The fourth-order valence-corrected chi connectivity index (χ4v) is 2.41. The minimum absolute atomic E-state index is 0.0293. The molecule has 0 aliphatic carbocycles. The van der Waals surface area contributed by atoms with Gasteiger partial charge in [0, 0.05) is 11.6 Å². The molecule has 1 aliphatic heterocycles. The third-order valence-electron chi connectivity index (χ3n) is 3.51. The molecule has 2 rings (SSSR count). The Balaban J connectivity index is 2.31. The Morgan fingerprint density at radius 2 is 1.88 bits per heavy atom. The van der Waals surface area contributed by atoms with Crippen molar-refractivity contribution in [2.24, 2.45) is 11.7 Å². The molecule has 1 aliphatic rings. The van der Waals surface area contributed by atoms with E-state index in [1.54, 1.807) is 0 Å². The topological polar surface area (TPSA) is 44.5 Å². The van der Waals surface area contributed by atoms with Crippen LogP contribution in [0.25, 0.3) is 0 Å². The summed E-state index contributed by atoms with van der Waals surface area (Å²) in [6.45, 7) is 5.60. The number of ether oxygens (including phenoxy) is 2. The van der Waals surface area contributed by atoms with Crippen molar-refractivity contribution in [3.63, 3.8) is 0 Å². The molecule has 1 aromatic carbocycles. The fourth-order valence-electron chi connectivity index (χ4n) is 2.41. The second-order valence-electron chi connectivity index (χ2n) is 4.47. The van der Waals surface area contributed by atoms with E-state index in [0.717, 1.165) is 29.9 Å². The zero-order valence-electron chi connectivity index (χ0n) is 10.6. The standard InChI is InChI=1S/C14H21NO2/c1-3-10(4-2)13(15)11-6-5-7-12-14(11)17-9-8-16-12/h5-7,10,13H,3-4,8-9,15H2,1-2H3. The summed E-state index contributed by atoms with van der Waals surface area (Å²) in [6, 6.07) is 6.01. The van der Waals surface area contributed by atoms with Crippen LogP contribution >= 0.6 is 0 Å². The Morgan fingerprint density at radius 3 is 2.59 bits per heavy atom. The Labute approximate surface area is 103 Å². The summed E-state index contributed by atoms with van der Waals surface area (Å²) in [5.74, 6) is 2.17. The van der Waals surface area contributed by atoms with E-state index in [-0.39, 0.29) is 6.04 Å². The highest BCUT2D eigenvalue weighted by Crippen LogP contribution is 2.39. The van der Waals surface area contributed by atoms with Gasteiger partial charge in [-0.25, -0.2) is 0 Å². The average molecular weight is 235 g/mol. The van der Waals surface area contributed by atoms with E-state index in [0.29, 0.717) is 19.1 Å². The van der Waals surface area contributed by atoms with Crippen LogP contribution in [0.4, 0.5) is 0 Å². The van der Waals surface area contributed by atoms with E-state index in [2.05, 4.69) is 19.9 Å². The van der Waals surface area contributed by atoms with Gasteiger partial charge in [0.15, 0.2) is 11.5 Å². The van der Waals surface area contributed by atoms with E-state index in [9.17, 15) is 0 Å². The van der Waals surface area contributed by atoms with Crippen LogP contribution in [-0.4, -0.2) is 13.2 Å². The van der Waals surface area contributed by atoms with Gasteiger partial charge < -0.3 is 15.2 Å². The van der Waals surface area contributed by atoms with E-state index >= 15 is 0 Å². The third kappa shape index (κ3) is 2.39. The first-order chi connectivity index (χ1) is 8.27. The molecule has 1 atom stereocenters. The normalized spacial score (nSPS) is 16.0. The number of rotatable bonds is 4. The van der Waals surface area contributed by atoms with Gasteiger partial charge in [0.2, 0.25) is 0 Å². The first-order valence-electron chi connectivity index (χ1n) is 6.42. The molecule has 0 saturated heterocycles. The molecule has 0 radical (unpaired) electrons. The van der Waals surface area contributed by atoms with Gasteiger partial charge in [0.05, 0.1) is 0 Å². The summed E-state index contributed by atoms with van der Waals surface area (Å²) in [7, 11) is 0. The summed E-state index contributed by atoms with van der Waals surface area (Å²) in [6.07, 6.45) is 2.17. The van der Waals surface area contributed by atoms with Crippen LogP contribution in [0.15, 0.2) is 18.2 Å². The molecule has 3 nitrogen and oxygen atoms in total. The van der Waals surface area contributed by atoms with Gasteiger partial charge in [-0.15, -0.1) is 0 Å². The highest BCUT2D eigenvalue weighted by molar-refractivity contribution is 5.49. The lowest BCUT2D eigenvalue weighted by Gasteiger charge is -2.27. The van der Waals surface area contributed by atoms with Gasteiger partial charge in [-0.1, -0.05) is 38.8 Å². The SMILES string of the molecule is CCC(CC)C(N)c1cccc2c1OCCO2. The van der Waals surface area contributed by atoms with Crippen LogP contribution in [0, 0.1) is 5.92 Å². The molecule has 0 bridgehead atoms. The molecule has 1 heterocycles. The molecule has 2 N–H and O–H groups in total. The predicted octanol–water partition coefficient (Wildman–Crippen LogP) is 2.89. The molecule has 3 heteroatoms. The van der Waals surface area contributed by atoms with Crippen LogP contribution in [0.3, 0.4) is 0 Å². The van der Waals surface area contributed by atoms with Crippen LogP contribution < -0.4 is 15.2 Å². The third-order valence-corrected chi connectivity index (χ3v) is 3.51. The molecule has 1 unspecified atom stereocenters. The molecule has 0 aromatic heterocycles. The van der Waals surface area contributed by atoms with E-state index < -0.39 is 0 Å². The second kappa shape index (κ2) is 5.41. The number of nitrogens with two attached hydrogens (primary N) is 1. The molecule has 0 spiro atoms. The van der Waals surface area contributed by atoms with Crippen LogP contribution in [0.1, 0.15) is 38.3 Å². The van der Waals surface area contributed by atoms with Crippen molar-refractivity contribution in [1.29, 1.82) is 0 Å². The van der Waals surface area contributed by atoms with E-state index in [1.807, 2.05) is 12.1 Å². The summed E-state index contributed by atoms with van der Waals surface area (Å²) < 4.78 is 11.3. The van der Waals surface area contributed by atoms with Crippen LogP contribution in [0.2, 0.25) is 0 Å². The molecule has 0 amide bonds. The summed E-state index contributed by atoms with van der Waals surface area (Å²) in [5, 5.41) is 0. The van der Waals surface area contributed by atoms with Crippen molar-refractivity contribution in [2.45, 2.75) is 32.7 Å². The average Bonchev–Trinajstić information content (AvgIpc) is 2.39. The number of hydrogen-bond acceptors (Lipinski definition) is 3. The molecule has 1 aromatic rings.